The van der Waals surface area contributed by atoms with Gasteiger partial charge in [-0.1, -0.05) is 60.7 Å². The molecular formula is C25H33N4O3. The van der Waals surface area contributed by atoms with Gasteiger partial charge < -0.3 is 21.7 Å². The van der Waals surface area contributed by atoms with E-state index in [0.717, 1.165) is 17.5 Å². The molecule has 0 fully saturated rings. The molecule has 0 aliphatic heterocycles. The maximum Gasteiger partial charge on any atom is 0.243 e. The Bertz CT molecular complexity index is 830. The van der Waals surface area contributed by atoms with E-state index in [4.69, 9.17) is 5.73 Å². The highest BCUT2D eigenvalue weighted by Gasteiger charge is 2.26. The first-order valence-electron chi connectivity index (χ1n) is 11.0. The van der Waals surface area contributed by atoms with Gasteiger partial charge in [0.2, 0.25) is 18.1 Å². The van der Waals surface area contributed by atoms with Crippen LogP contribution in [0.4, 0.5) is 0 Å². The quantitative estimate of drug-likeness (QED) is 0.333. The SMILES string of the molecule is CN[C@@H](Cc1ccccc1)C(=O)N[C@@H](CCCCN)C(=O)N[C@H]([C]=O)Cc1ccccc1. The smallest absolute Gasteiger partial charge is 0.243 e. The third-order valence-corrected chi connectivity index (χ3v) is 5.27. The molecule has 1 radical (unpaired) electrons. The molecule has 0 heterocycles. The molecule has 0 aliphatic rings. The summed E-state index contributed by atoms with van der Waals surface area (Å²) < 4.78 is 0. The standard InChI is InChI=1S/C25H33N4O3/c1-27-23(17-20-12-6-3-7-13-20)25(32)29-22(14-8-9-15-26)24(31)28-21(18-30)16-19-10-4-2-5-11-19/h2-7,10-13,21-23,27H,8-9,14-17,26H2,1H3,(H,28,31)(H,29,32)/t21-,22-,23-/m0/s1. The van der Waals surface area contributed by atoms with Crippen LogP contribution in [0.15, 0.2) is 60.7 Å². The minimum atomic E-state index is -0.789. The van der Waals surface area contributed by atoms with Gasteiger partial charge in [-0.15, -0.1) is 0 Å². The van der Waals surface area contributed by atoms with Gasteiger partial charge in [-0.2, -0.15) is 0 Å². The molecule has 0 aliphatic carbocycles. The van der Waals surface area contributed by atoms with E-state index < -0.39 is 24.0 Å². The number of benzene rings is 2. The number of amides is 2. The monoisotopic (exact) mass is 437 g/mol. The minimum Gasteiger partial charge on any atom is -0.344 e. The van der Waals surface area contributed by atoms with E-state index in [2.05, 4.69) is 16.0 Å². The number of rotatable bonds is 14. The molecule has 0 spiro atoms. The zero-order valence-corrected chi connectivity index (χ0v) is 18.6. The fraction of sp³-hybridized carbons (Fsp3) is 0.400. The Morgan fingerprint density at radius 1 is 0.844 bits per heavy atom. The van der Waals surface area contributed by atoms with Crippen molar-refractivity contribution in [2.75, 3.05) is 13.6 Å². The average molecular weight is 438 g/mol. The zero-order chi connectivity index (χ0) is 23.2. The lowest BCUT2D eigenvalue weighted by molar-refractivity contribution is -0.130. The summed E-state index contributed by atoms with van der Waals surface area (Å²) in [5.41, 5.74) is 7.52. The van der Waals surface area contributed by atoms with Crippen molar-refractivity contribution in [1.82, 2.24) is 16.0 Å². The lowest BCUT2D eigenvalue weighted by atomic mass is 10.0. The Morgan fingerprint density at radius 3 is 1.94 bits per heavy atom. The van der Waals surface area contributed by atoms with Gasteiger partial charge in [0, 0.05) is 6.42 Å². The van der Waals surface area contributed by atoms with Crippen molar-refractivity contribution in [2.24, 2.45) is 5.73 Å². The molecule has 0 saturated carbocycles. The summed E-state index contributed by atoms with van der Waals surface area (Å²) in [6, 6.07) is 17.1. The number of nitrogens with two attached hydrogens (primary N) is 1. The molecule has 2 aromatic rings. The molecule has 2 aromatic carbocycles. The van der Waals surface area contributed by atoms with E-state index >= 15 is 0 Å². The van der Waals surface area contributed by atoms with E-state index in [1.54, 1.807) is 7.05 Å². The first-order chi connectivity index (χ1) is 15.6. The third kappa shape index (κ3) is 8.61. The van der Waals surface area contributed by atoms with Gasteiger partial charge in [0.1, 0.15) is 6.04 Å². The lowest BCUT2D eigenvalue weighted by Crippen LogP contribution is -2.54. The molecule has 0 bridgehead atoms. The molecule has 5 N–H and O–H groups in total. The van der Waals surface area contributed by atoms with Gasteiger partial charge in [-0.3, -0.25) is 14.4 Å². The van der Waals surface area contributed by atoms with Gasteiger partial charge in [-0.05, 0) is 50.4 Å². The van der Waals surface area contributed by atoms with Gasteiger partial charge >= 0.3 is 0 Å². The van der Waals surface area contributed by atoms with Crippen molar-refractivity contribution in [2.45, 2.75) is 50.2 Å². The zero-order valence-electron chi connectivity index (χ0n) is 18.6. The minimum absolute atomic E-state index is 0.265. The maximum atomic E-state index is 12.9. The van der Waals surface area contributed by atoms with Crippen molar-refractivity contribution in [3.05, 3.63) is 71.8 Å². The van der Waals surface area contributed by atoms with Crippen LogP contribution in [0.3, 0.4) is 0 Å². The van der Waals surface area contributed by atoms with Crippen LogP contribution in [0.25, 0.3) is 0 Å². The highest BCUT2D eigenvalue weighted by Crippen LogP contribution is 2.07. The maximum absolute atomic E-state index is 12.9. The van der Waals surface area contributed by atoms with Crippen LogP contribution in [0.2, 0.25) is 0 Å². The fourth-order valence-electron chi connectivity index (χ4n) is 3.45. The van der Waals surface area contributed by atoms with Gasteiger partial charge in [0.25, 0.3) is 0 Å². The average Bonchev–Trinajstić information content (AvgIpc) is 2.82. The number of likely N-dealkylation sites (N-methyl/N-ethyl adjacent to an activating group) is 1. The topological polar surface area (TPSA) is 113 Å². The Morgan fingerprint density at radius 2 is 1.41 bits per heavy atom. The predicted octanol–water partition coefficient (Wildman–Crippen LogP) is 1.27. The summed E-state index contributed by atoms with van der Waals surface area (Å²) in [6.07, 6.45) is 4.60. The van der Waals surface area contributed by atoms with E-state index in [9.17, 15) is 14.4 Å². The summed E-state index contributed by atoms with van der Waals surface area (Å²) >= 11 is 0. The van der Waals surface area contributed by atoms with Crippen molar-refractivity contribution in [1.29, 1.82) is 0 Å². The Hall–Kier alpha value is -3.03. The number of hydrogen-bond donors (Lipinski definition) is 4. The van der Waals surface area contributed by atoms with E-state index in [1.807, 2.05) is 66.9 Å². The summed E-state index contributed by atoms with van der Waals surface area (Å²) in [4.78, 5) is 37.3. The van der Waals surface area contributed by atoms with Crippen molar-refractivity contribution >= 4 is 18.1 Å². The fourth-order valence-corrected chi connectivity index (χ4v) is 3.45. The van der Waals surface area contributed by atoms with Crippen molar-refractivity contribution < 1.29 is 14.4 Å². The normalized spacial score (nSPS) is 13.6. The molecular weight excluding hydrogens is 404 g/mol. The molecule has 7 heteroatoms. The van der Waals surface area contributed by atoms with Crippen molar-refractivity contribution in [3.63, 3.8) is 0 Å². The second-order valence-corrected chi connectivity index (χ2v) is 7.75. The molecule has 0 aromatic heterocycles. The van der Waals surface area contributed by atoms with Gasteiger partial charge in [0.05, 0.1) is 12.1 Å². The summed E-state index contributed by atoms with van der Waals surface area (Å²) in [5.74, 6) is -0.659. The molecule has 7 nitrogen and oxygen atoms in total. The first kappa shape index (κ1) is 25.2. The molecule has 3 atom stereocenters. The van der Waals surface area contributed by atoms with Crippen LogP contribution < -0.4 is 21.7 Å². The highest BCUT2D eigenvalue weighted by atomic mass is 16.2. The molecule has 0 saturated heterocycles. The number of carbonyl (C=O) groups is 2. The Balaban J connectivity index is 2.03. The van der Waals surface area contributed by atoms with E-state index in [1.165, 1.54) is 0 Å². The molecule has 32 heavy (non-hydrogen) atoms. The second-order valence-electron chi connectivity index (χ2n) is 7.75. The number of nitrogens with one attached hydrogen (secondary N) is 3. The Labute approximate surface area is 190 Å². The number of carbonyl (C=O) groups excluding carboxylic acids is 3. The van der Waals surface area contributed by atoms with E-state index in [-0.39, 0.29) is 5.91 Å². The van der Waals surface area contributed by atoms with Crippen LogP contribution in [0.1, 0.15) is 30.4 Å². The molecule has 0 unspecified atom stereocenters. The van der Waals surface area contributed by atoms with Crippen molar-refractivity contribution in [3.8, 4) is 0 Å². The predicted molar refractivity (Wildman–Crippen MR) is 126 cm³/mol. The highest BCUT2D eigenvalue weighted by molar-refractivity contribution is 5.91. The van der Waals surface area contributed by atoms with Crippen LogP contribution >= 0.6 is 0 Å². The van der Waals surface area contributed by atoms with Crippen LogP contribution in [-0.2, 0) is 27.2 Å². The van der Waals surface area contributed by atoms with Crippen LogP contribution in [0.5, 0.6) is 0 Å². The first-order valence-corrected chi connectivity index (χ1v) is 11.0. The summed E-state index contributed by atoms with van der Waals surface area (Å²) in [5, 5.41) is 8.60. The van der Waals surface area contributed by atoms with Gasteiger partial charge in [-0.25, -0.2) is 0 Å². The van der Waals surface area contributed by atoms with Crippen LogP contribution in [-0.4, -0.2) is 49.8 Å². The van der Waals surface area contributed by atoms with Gasteiger partial charge in [0.15, 0.2) is 0 Å². The third-order valence-electron chi connectivity index (χ3n) is 5.27. The van der Waals surface area contributed by atoms with E-state index in [0.29, 0.717) is 32.2 Å². The second kappa shape index (κ2) is 14.1. The van der Waals surface area contributed by atoms with Crippen LogP contribution in [0, 0.1) is 0 Å². The molecule has 2 amide bonds. The molecule has 2 rings (SSSR count). The summed E-state index contributed by atoms with van der Waals surface area (Å²) in [6.45, 7) is 0.508. The number of hydrogen-bond acceptors (Lipinski definition) is 5. The summed E-state index contributed by atoms with van der Waals surface area (Å²) in [7, 11) is 1.72. The Kier molecular flexibility index (Phi) is 11.1. The number of unbranched alkanes of at least 4 members (excludes halogenated alkanes) is 1. The largest absolute Gasteiger partial charge is 0.344 e. The lowest BCUT2D eigenvalue weighted by Gasteiger charge is -2.23. The molecule has 171 valence electrons.